The highest BCUT2D eigenvalue weighted by molar-refractivity contribution is 7.99. The van der Waals surface area contributed by atoms with Gasteiger partial charge >= 0.3 is 6.09 Å². The van der Waals surface area contributed by atoms with Gasteiger partial charge in [-0.25, -0.2) is 4.79 Å². The molecule has 1 amide bonds. The second-order valence-corrected chi connectivity index (χ2v) is 8.18. The summed E-state index contributed by atoms with van der Waals surface area (Å²) in [7, 11) is -4.25. The topological polar surface area (TPSA) is 96.3 Å². The van der Waals surface area contributed by atoms with Gasteiger partial charge in [0.2, 0.25) is 0 Å². The van der Waals surface area contributed by atoms with Gasteiger partial charge in [-0.15, -0.1) is 3.77 Å². The SMILES string of the molecule is CS(C)=NS(=O)(=O)c1ccc(N2CC(CO)OC2=O)cc1. The molecule has 1 aliphatic heterocycles. The zero-order chi connectivity index (χ0) is 15.6. The van der Waals surface area contributed by atoms with Gasteiger partial charge in [-0.2, -0.15) is 8.42 Å². The lowest BCUT2D eigenvalue weighted by atomic mass is 10.3. The van der Waals surface area contributed by atoms with Crippen LogP contribution in [0.4, 0.5) is 10.5 Å². The van der Waals surface area contributed by atoms with Crippen molar-refractivity contribution in [2.24, 2.45) is 3.77 Å². The van der Waals surface area contributed by atoms with Gasteiger partial charge < -0.3 is 9.84 Å². The third-order valence-corrected chi connectivity index (χ3v) is 5.62. The van der Waals surface area contributed by atoms with E-state index in [-0.39, 0.29) is 18.0 Å². The van der Waals surface area contributed by atoms with E-state index in [0.717, 1.165) is 0 Å². The molecule has 0 bridgehead atoms. The number of amides is 1. The number of anilines is 1. The van der Waals surface area contributed by atoms with Crippen molar-refractivity contribution in [3.63, 3.8) is 0 Å². The number of hydrogen-bond donors (Lipinski definition) is 1. The molecule has 0 spiro atoms. The number of ether oxygens (including phenoxy) is 1. The van der Waals surface area contributed by atoms with Gasteiger partial charge in [0, 0.05) is 5.69 Å². The van der Waals surface area contributed by atoms with Crippen LogP contribution in [0.1, 0.15) is 0 Å². The Morgan fingerprint density at radius 2 is 2.00 bits per heavy atom. The summed E-state index contributed by atoms with van der Waals surface area (Å²) in [4.78, 5) is 13.1. The summed E-state index contributed by atoms with van der Waals surface area (Å²) in [5.74, 6) is 0. The van der Waals surface area contributed by atoms with Crippen molar-refractivity contribution in [2.75, 3.05) is 30.6 Å². The average Bonchev–Trinajstić information content (AvgIpc) is 2.79. The first-order chi connectivity index (χ1) is 9.83. The monoisotopic (exact) mass is 332 g/mol. The van der Waals surface area contributed by atoms with Crippen LogP contribution in [0.15, 0.2) is 32.9 Å². The maximum Gasteiger partial charge on any atom is 0.414 e. The van der Waals surface area contributed by atoms with Crippen molar-refractivity contribution in [1.82, 2.24) is 0 Å². The molecule has 7 nitrogen and oxygen atoms in total. The Morgan fingerprint density at radius 1 is 1.38 bits per heavy atom. The van der Waals surface area contributed by atoms with Crippen molar-refractivity contribution in [2.45, 2.75) is 11.0 Å². The Morgan fingerprint density at radius 3 is 2.48 bits per heavy atom. The number of hydrogen-bond acceptors (Lipinski definition) is 5. The highest BCUT2D eigenvalue weighted by Gasteiger charge is 2.31. The zero-order valence-electron chi connectivity index (χ0n) is 11.6. The van der Waals surface area contributed by atoms with Gasteiger partial charge in [-0.05, 0) is 36.8 Å². The van der Waals surface area contributed by atoms with E-state index < -0.39 is 32.9 Å². The molecule has 0 aliphatic carbocycles. The molecule has 1 aromatic rings. The first kappa shape index (κ1) is 15.9. The number of carbonyl (C=O) groups excluding carboxylic acids is 1. The number of carbonyl (C=O) groups is 1. The Hall–Kier alpha value is -1.45. The fourth-order valence-corrected chi connectivity index (χ4v) is 4.26. The first-order valence-electron chi connectivity index (χ1n) is 6.08. The quantitative estimate of drug-likeness (QED) is 0.878. The Kier molecular flexibility index (Phi) is 4.64. The molecule has 1 fully saturated rings. The van der Waals surface area contributed by atoms with Gasteiger partial charge in [-0.1, -0.05) is 10.7 Å². The second-order valence-electron chi connectivity index (χ2n) is 4.62. The normalized spacial score (nSPS) is 19.0. The van der Waals surface area contributed by atoms with Crippen LogP contribution in [-0.2, 0) is 25.5 Å². The lowest BCUT2D eigenvalue weighted by Crippen LogP contribution is -2.25. The highest BCUT2D eigenvalue weighted by atomic mass is 32.3. The summed E-state index contributed by atoms with van der Waals surface area (Å²) in [5, 5.41) is 8.99. The van der Waals surface area contributed by atoms with Crippen LogP contribution in [0.3, 0.4) is 0 Å². The number of benzene rings is 1. The summed E-state index contributed by atoms with van der Waals surface area (Å²) >= 11 is 0. The van der Waals surface area contributed by atoms with Crippen molar-refractivity contribution in [3.8, 4) is 0 Å². The van der Waals surface area contributed by atoms with Crippen LogP contribution >= 0.6 is 0 Å². The van der Waals surface area contributed by atoms with E-state index in [1.807, 2.05) is 0 Å². The molecule has 116 valence electrons. The first-order valence-corrected chi connectivity index (χ1v) is 9.52. The highest BCUT2D eigenvalue weighted by Crippen LogP contribution is 2.24. The lowest BCUT2D eigenvalue weighted by Gasteiger charge is -2.13. The minimum atomic E-state index is -3.67. The number of aliphatic hydroxyl groups excluding tert-OH is 1. The number of nitrogens with zero attached hydrogens (tertiary/aromatic N) is 2. The molecule has 9 heteroatoms. The largest absolute Gasteiger partial charge is 0.441 e. The van der Waals surface area contributed by atoms with Gasteiger partial charge in [0.05, 0.1) is 18.0 Å². The predicted octanol–water partition coefficient (Wildman–Crippen LogP) is 0.754. The zero-order valence-corrected chi connectivity index (χ0v) is 13.2. The average molecular weight is 332 g/mol. The maximum absolute atomic E-state index is 11.9. The van der Waals surface area contributed by atoms with Crippen LogP contribution in [0.2, 0.25) is 0 Å². The number of cyclic esters (lactones) is 1. The fraction of sp³-hybridized carbons (Fsp3) is 0.417. The Bertz CT molecular complexity index is 665. The fourth-order valence-electron chi connectivity index (χ4n) is 1.86. The molecule has 1 unspecified atom stereocenters. The van der Waals surface area contributed by atoms with Crippen LogP contribution in [0.25, 0.3) is 0 Å². The molecule has 1 N–H and O–H groups in total. The number of sulfonamides is 1. The van der Waals surface area contributed by atoms with Crippen LogP contribution in [-0.4, -0.2) is 51.4 Å². The van der Waals surface area contributed by atoms with E-state index in [1.54, 1.807) is 12.5 Å². The number of rotatable bonds is 4. The smallest absolute Gasteiger partial charge is 0.414 e. The van der Waals surface area contributed by atoms with Gasteiger partial charge in [0.25, 0.3) is 10.0 Å². The molecule has 2 rings (SSSR count). The van der Waals surface area contributed by atoms with Crippen molar-refractivity contribution in [1.29, 1.82) is 0 Å². The number of aliphatic hydroxyl groups is 1. The second kappa shape index (κ2) is 6.12. The third kappa shape index (κ3) is 3.60. The van der Waals surface area contributed by atoms with Gasteiger partial charge in [-0.3, -0.25) is 4.90 Å². The van der Waals surface area contributed by atoms with E-state index in [0.29, 0.717) is 5.69 Å². The summed E-state index contributed by atoms with van der Waals surface area (Å²) in [6, 6.07) is 5.85. The summed E-state index contributed by atoms with van der Waals surface area (Å²) in [5.41, 5.74) is 0.516. The van der Waals surface area contributed by atoms with Crippen molar-refractivity contribution in [3.05, 3.63) is 24.3 Å². The molecular weight excluding hydrogens is 316 g/mol. The molecule has 0 radical (unpaired) electrons. The van der Waals surface area contributed by atoms with E-state index in [9.17, 15) is 13.2 Å². The molecule has 1 saturated heterocycles. The van der Waals surface area contributed by atoms with Crippen LogP contribution < -0.4 is 4.90 Å². The molecule has 1 heterocycles. The summed E-state index contributed by atoms with van der Waals surface area (Å²) in [6.07, 6.45) is 2.30. The summed E-state index contributed by atoms with van der Waals surface area (Å²) < 4.78 is 32.5. The minimum absolute atomic E-state index is 0.0822. The summed E-state index contributed by atoms with van der Waals surface area (Å²) in [6.45, 7) is -0.0118. The van der Waals surface area contributed by atoms with E-state index in [2.05, 4.69) is 3.77 Å². The van der Waals surface area contributed by atoms with Crippen LogP contribution in [0, 0.1) is 0 Å². The molecular formula is C12H16N2O5S2. The molecule has 21 heavy (non-hydrogen) atoms. The molecule has 1 aromatic carbocycles. The molecule has 0 aromatic heterocycles. The maximum atomic E-state index is 11.9. The lowest BCUT2D eigenvalue weighted by molar-refractivity contribution is 0.0963. The Labute approximate surface area is 125 Å². The van der Waals surface area contributed by atoms with E-state index in [4.69, 9.17) is 9.84 Å². The Balaban J connectivity index is 2.24. The molecule has 1 aliphatic rings. The van der Waals surface area contributed by atoms with Crippen molar-refractivity contribution >= 4 is 32.5 Å². The van der Waals surface area contributed by atoms with Crippen molar-refractivity contribution < 1.29 is 23.1 Å². The standard InChI is InChI=1S/C12H16N2O5S2/c1-20(2)13-21(17,18)11-5-3-9(4-6-11)14-7-10(8-15)19-12(14)16/h3-6,10,15H,7-8H2,1-2H3. The molecule has 1 atom stereocenters. The van der Waals surface area contributed by atoms with E-state index >= 15 is 0 Å². The van der Waals surface area contributed by atoms with Gasteiger partial charge in [0.1, 0.15) is 6.10 Å². The van der Waals surface area contributed by atoms with Gasteiger partial charge in [0.15, 0.2) is 0 Å². The molecule has 0 saturated carbocycles. The minimum Gasteiger partial charge on any atom is -0.441 e. The predicted molar refractivity (Wildman–Crippen MR) is 80.0 cm³/mol. The van der Waals surface area contributed by atoms with Crippen LogP contribution in [0.5, 0.6) is 0 Å². The third-order valence-electron chi connectivity index (χ3n) is 2.77. The van der Waals surface area contributed by atoms with E-state index in [1.165, 1.54) is 29.2 Å².